The lowest BCUT2D eigenvalue weighted by Gasteiger charge is -2.36. The number of anilines is 2. The number of hydrogen-bond acceptors (Lipinski definition) is 3. The van der Waals surface area contributed by atoms with Gasteiger partial charge in [0.1, 0.15) is 5.82 Å². The van der Waals surface area contributed by atoms with Gasteiger partial charge in [-0.2, -0.15) is 0 Å². The lowest BCUT2D eigenvalue weighted by atomic mass is 10.1. The monoisotopic (exact) mass is 353 g/mol. The van der Waals surface area contributed by atoms with Crippen LogP contribution >= 0.6 is 0 Å². The summed E-state index contributed by atoms with van der Waals surface area (Å²) in [4.78, 5) is 17.1. The molecule has 0 unspecified atom stereocenters. The van der Waals surface area contributed by atoms with E-state index in [1.54, 1.807) is 12.1 Å². The molecule has 136 valence electrons. The number of amides is 1. The van der Waals surface area contributed by atoms with E-state index in [2.05, 4.69) is 27.2 Å². The van der Waals surface area contributed by atoms with Crippen molar-refractivity contribution in [2.45, 2.75) is 25.3 Å². The molecule has 0 radical (unpaired) electrons. The largest absolute Gasteiger partial charge is 0.369 e. The molecule has 2 fully saturated rings. The molecule has 5 heteroatoms. The van der Waals surface area contributed by atoms with E-state index in [4.69, 9.17) is 0 Å². The first-order valence-corrected chi connectivity index (χ1v) is 9.31. The topological polar surface area (TPSA) is 35.6 Å². The van der Waals surface area contributed by atoms with Gasteiger partial charge in [-0.3, -0.25) is 9.69 Å². The number of piperazine rings is 1. The highest BCUT2D eigenvalue weighted by Gasteiger charge is 2.31. The Hall–Kier alpha value is -2.40. The van der Waals surface area contributed by atoms with Crippen LogP contribution in [0.4, 0.5) is 15.8 Å². The molecule has 1 aliphatic carbocycles. The van der Waals surface area contributed by atoms with Crippen LogP contribution in [0.15, 0.2) is 48.5 Å². The average molecular weight is 353 g/mol. The van der Waals surface area contributed by atoms with Crippen molar-refractivity contribution >= 4 is 17.3 Å². The maximum absolute atomic E-state index is 12.9. The second-order valence-electron chi connectivity index (χ2n) is 7.15. The van der Waals surface area contributed by atoms with Crippen molar-refractivity contribution in [3.8, 4) is 0 Å². The minimum atomic E-state index is -0.289. The summed E-state index contributed by atoms with van der Waals surface area (Å²) < 4.78 is 12.9. The summed E-state index contributed by atoms with van der Waals surface area (Å²) in [6.07, 6.45) is 2.98. The summed E-state index contributed by atoms with van der Waals surface area (Å²) in [5.41, 5.74) is 2.79. The van der Waals surface area contributed by atoms with Crippen molar-refractivity contribution in [2.75, 3.05) is 36.4 Å². The molecular formula is C21H24FN3O. The fourth-order valence-corrected chi connectivity index (χ4v) is 3.53. The smallest absolute Gasteiger partial charge is 0.228 e. The van der Waals surface area contributed by atoms with E-state index in [1.165, 1.54) is 30.7 Å². The van der Waals surface area contributed by atoms with E-state index in [9.17, 15) is 9.18 Å². The maximum Gasteiger partial charge on any atom is 0.228 e. The standard InChI is InChI=1S/C21H24FN3O/c22-17-3-1-16(2-4-17)15-21(26)23-18-5-7-19(8-6-18)24-11-13-25(14-12-24)20-9-10-20/h1-8,20H,9-15H2,(H,23,26). The molecule has 0 bridgehead atoms. The molecule has 1 heterocycles. The van der Waals surface area contributed by atoms with Crippen molar-refractivity contribution < 1.29 is 9.18 Å². The molecule has 0 aromatic heterocycles. The SMILES string of the molecule is O=C(Cc1ccc(F)cc1)Nc1ccc(N2CCN(C3CC3)CC2)cc1. The zero-order valence-electron chi connectivity index (χ0n) is 14.8. The van der Waals surface area contributed by atoms with Crippen molar-refractivity contribution in [2.24, 2.45) is 0 Å². The van der Waals surface area contributed by atoms with Crippen molar-refractivity contribution in [1.82, 2.24) is 4.90 Å². The normalized spacial score (nSPS) is 18.0. The van der Waals surface area contributed by atoms with Gasteiger partial charge in [0.2, 0.25) is 5.91 Å². The Bertz CT molecular complexity index is 748. The van der Waals surface area contributed by atoms with Gasteiger partial charge in [0.25, 0.3) is 0 Å². The van der Waals surface area contributed by atoms with Crippen LogP contribution in [0.2, 0.25) is 0 Å². The minimum absolute atomic E-state index is 0.0950. The summed E-state index contributed by atoms with van der Waals surface area (Å²) in [6, 6.07) is 14.9. The summed E-state index contributed by atoms with van der Waals surface area (Å²) in [7, 11) is 0. The Kier molecular flexibility index (Phi) is 4.89. The van der Waals surface area contributed by atoms with E-state index >= 15 is 0 Å². The first kappa shape index (κ1) is 17.0. The van der Waals surface area contributed by atoms with Gasteiger partial charge in [-0.15, -0.1) is 0 Å². The second kappa shape index (κ2) is 7.46. The van der Waals surface area contributed by atoms with E-state index in [0.29, 0.717) is 0 Å². The van der Waals surface area contributed by atoms with E-state index in [0.717, 1.165) is 43.5 Å². The average Bonchev–Trinajstić information content (AvgIpc) is 3.50. The third-order valence-electron chi connectivity index (χ3n) is 5.17. The number of benzene rings is 2. The van der Waals surface area contributed by atoms with Crippen LogP contribution in [0.3, 0.4) is 0 Å². The van der Waals surface area contributed by atoms with Crippen LogP contribution in [-0.2, 0) is 11.2 Å². The first-order valence-electron chi connectivity index (χ1n) is 9.31. The third kappa shape index (κ3) is 4.22. The van der Waals surface area contributed by atoms with Crippen LogP contribution in [0.5, 0.6) is 0 Å². The molecule has 2 aromatic rings. The maximum atomic E-state index is 12.9. The number of carbonyl (C=O) groups is 1. The number of nitrogens with one attached hydrogen (secondary N) is 1. The summed E-state index contributed by atoms with van der Waals surface area (Å²) in [5, 5.41) is 2.91. The lowest BCUT2D eigenvalue weighted by molar-refractivity contribution is -0.115. The molecule has 1 saturated carbocycles. The highest BCUT2D eigenvalue weighted by Crippen LogP contribution is 2.28. The molecule has 4 rings (SSSR count). The van der Waals surface area contributed by atoms with Crippen LogP contribution in [0.1, 0.15) is 18.4 Å². The van der Waals surface area contributed by atoms with E-state index in [-0.39, 0.29) is 18.1 Å². The number of halogens is 1. The van der Waals surface area contributed by atoms with Gasteiger partial charge >= 0.3 is 0 Å². The third-order valence-corrected chi connectivity index (χ3v) is 5.17. The molecule has 4 nitrogen and oxygen atoms in total. The molecule has 0 atom stereocenters. The van der Waals surface area contributed by atoms with Crippen molar-refractivity contribution in [3.63, 3.8) is 0 Å². The van der Waals surface area contributed by atoms with Crippen LogP contribution in [0, 0.1) is 5.82 Å². The number of hydrogen-bond donors (Lipinski definition) is 1. The van der Waals surface area contributed by atoms with Crippen LogP contribution in [0.25, 0.3) is 0 Å². The predicted octanol–water partition coefficient (Wildman–Crippen LogP) is 3.29. The van der Waals surface area contributed by atoms with Crippen LogP contribution in [-0.4, -0.2) is 43.0 Å². The Labute approximate surface area is 153 Å². The summed E-state index contributed by atoms with van der Waals surface area (Å²) in [6.45, 7) is 4.40. The Morgan fingerprint density at radius 1 is 0.962 bits per heavy atom. The molecule has 1 N–H and O–H groups in total. The fourth-order valence-electron chi connectivity index (χ4n) is 3.53. The number of nitrogens with zero attached hydrogens (tertiary/aromatic N) is 2. The van der Waals surface area contributed by atoms with Gasteiger partial charge in [0.05, 0.1) is 6.42 Å². The summed E-state index contributed by atoms with van der Waals surface area (Å²) >= 11 is 0. The zero-order valence-corrected chi connectivity index (χ0v) is 14.8. The lowest BCUT2D eigenvalue weighted by Crippen LogP contribution is -2.47. The zero-order chi connectivity index (χ0) is 17.9. The first-order chi connectivity index (χ1) is 12.7. The van der Waals surface area contributed by atoms with Crippen molar-refractivity contribution in [1.29, 1.82) is 0 Å². The van der Waals surface area contributed by atoms with E-state index in [1.807, 2.05) is 12.1 Å². The van der Waals surface area contributed by atoms with Crippen LogP contribution < -0.4 is 10.2 Å². The van der Waals surface area contributed by atoms with Gasteiger partial charge in [0.15, 0.2) is 0 Å². The van der Waals surface area contributed by atoms with Gasteiger partial charge in [-0.1, -0.05) is 12.1 Å². The molecule has 0 spiro atoms. The highest BCUT2D eigenvalue weighted by atomic mass is 19.1. The fraction of sp³-hybridized carbons (Fsp3) is 0.381. The van der Waals surface area contributed by atoms with Gasteiger partial charge in [-0.05, 0) is 54.8 Å². The van der Waals surface area contributed by atoms with Gasteiger partial charge in [-0.25, -0.2) is 4.39 Å². The number of carbonyl (C=O) groups excluding carboxylic acids is 1. The van der Waals surface area contributed by atoms with E-state index < -0.39 is 0 Å². The predicted molar refractivity (Wildman–Crippen MR) is 102 cm³/mol. The molecular weight excluding hydrogens is 329 g/mol. The number of rotatable bonds is 5. The summed E-state index contributed by atoms with van der Waals surface area (Å²) in [5.74, 6) is -0.384. The molecule has 2 aromatic carbocycles. The Morgan fingerprint density at radius 3 is 2.23 bits per heavy atom. The molecule has 1 amide bonds. The minimum Gasteiger partial charge on any atom is -0.369 e. The molecule has 1 saturated heterocycles. The molecule has 1 aliphatic heterocycles. The Morgan fingerprint density at radius 2 is 1.62 bits per heavy atom. The Balaban J connectivity index is 1.29. The van der Waals surface area contributed by atoms with Gasteiger partial charge < -0.3 is 10.2 Å². The molecule has 26 heavy (non-hydrogen) atoms. The second-order valence-corrected chi connectivity index (χ2v) is 7.15. The van der Waals surface area contributed by atoms with Gasteiger partial charge in [0, 0.05) is 43.6 Å². The highest BCUT2D eigenvalue weighted by molar-refractivity contribution is 5.92. The molecule has 2 aliphatic rings. The van der Waals surface area contributed by atoms with Crippen molar-refractivity contribution in [3.05, 3.63) is 59.9 Å². The quantitative estimate of drug-likeness (QED) is 0.896.